The van der Waals surface area contributed by atoms with E-state index in [1.807, 2.05) is 19.9 Å². The molecule has 2 N–H and O–H groups in total. The van der Waals surface area contributed by atoms with E-state index in [1.54, 1.807) is 12.1 Å². The normalized spacial score (nSPS) is 18.5. The van der Waals surface area contributed by atoms with Crippen LogP contribution < -0.4 is 10.0 Å². The van der Waals surface area contributed by atoms with E-state index in [1.165, 1.54) is 0 Å². The second-order valence-corrected chi connectivity index (χ2v) is 7.70. The molecule has 0 saturated carbocycles. The van der Waals surface area contributed by atoms with Crippen LogP contribution in [0.3, 0.4) is 0 Å². The summed E-state index contributed by atoms with van der Waals surface area (Å²) >= 11 is 0. The number of guanidine groups is 1. The predicted molar refractivity (Wildman–Crippen MR) is 86.2 cm³/mol. The van der Waals surface area contributed by atoms with Crippen molar-refractivity contribution in [1.82, 2.24) is 4.72 Å². The molecule has 0 unspecified atom stereocenters. The van der Waals surface area contributed by atoms with Crippen LogP contribution in [0.4, 0.5) is 5.69 Å². The number of nitrogens with zero attached hydrogens (tertiary/aromatic N) is 1. The molecule has 21 heavy (non-hydrogen) atoms. The number of benzene rings is 1. The minimum absolute atomic E-state index is 0.284. The van der Waals surface area contributed by atoms with Gasteiger partial charge in [-0.15, -0.1) is 0 Å². The molecule has 0 bridgehead atoms. The maximum Gasteiger partial charge on any atom is 0.266 e. The maximum absolute atomic E-state index is 12.3. The van der Waals surface area contributed by atoms with Crippen molar-refractivity contribution in [3.05, 3.63) is 23.8 Å². The molecule has 1 aliphatic heterocycles. The predicted octanol–water partition coefficient (Wildman–Crippen LogP) is 2.92. The number of fused-ring (bicyclic) bond motifs is 1. The molecule has 0 fully saturated rings. The Hall–Kier alpha value is -1.56. The Bertz CT molecular complexity index is 649. The molecule has 2 rings (SSSR count). The quantitative estimate of drug-likeness (QED) is 0.898. The molecular weight excluding hydrogens is 286 g/mol. The van der Waals surface area contributed by atoms with Gasteiger partial charge in [0.1, 0.15) is 4.90 Å². The number of sulfonamides is 1. The van der Waals surface area contributed by atoms with E-state index < -0.39 is 10.0 Å². The highest BCUT2D eigenvalue weighted by molar-refractivity contribution is 7.90. The zero-order valence-corrected chi connectivity index (χ0v) is 13.8. The van der Waals surface area contributed by atoms with Gasteiger partial charge in [0.15, 0.2) is 0 Å². The molecule has 0 radical (unpaired) electrons. The first-order valence-corrected chi connectivity index (χ1v) is 8.76. The fraction of sp³-hybridized carbons (Fsp3) is 0.533. The summed E-state index contributed by atoms with van der Waals surface area (Å²) in [5.74, 6) is 1.13. The number of hydrogen-bond acceptors (Lipinski definition) is 3. The number of aliphatic imine (C=N–C) groups is 1. The molecule has 116 valence electrons. The largest absolute Gasteiger partial charge is 0.324 e. The monoisotopic (exact) mass is 309 g/mol. The summed E-state index contributed by atoms with van der Waals surface area (Å²) in [5.41, 5.74) is 1.59. The summed E-state index contributed by atoms with van der Waals surface area (Å²) in [5, 5.41) is 3.05. The highest BCUT2D eigenvalue weighted by atomic mass is 32.2. The van der Waals surface area contributed by atoms with Crippen molar-refractivity contribution < 1.29 is 8.42 Å². The Morgan fingerprint density at radius 2 is 1.90 bits per heavy atom. The molecule has 0 atom stereocenters. The van der Waals surface area contributed by atoms with Crippen LogP contribution in [0.25, 0.3) is 0 Å². The molecule has 0 amide bonds. The van der Waals surface area contributed by atoms with Gasteiger partial charge in [-0.05, 0) is 36.0 Å². The van der Waals surface area contributed by atoms with Gasteiger partial charge in [0, 0.05) is 6.54 Å². The van der Waals surface area contributed by atoms with Gasteiger partial charge in [-0.2, -0.15) is 0 Å². The van der Waals surface area contributed by atoms with Gasteiger partial charge < -0.3 is 5.32 Å². The van der Waals surface area contributed by atoms with Crippen LogP contribution in [0.2, 0.25) is 0 Å². The summed E-state index contributed by atoms with van der Waals surface area (Å²) in [4.78, 5) is 4.58. The molecule has 1 aromatic rings. The Labute approximate surface area is 126 Å². The summed E-state index contributed by atoms with van der Waals surface area (Å²) in [6.45, 7) is 8.90. The van der Waals surface area contributed by atoms with Gasteiger partial charge in [-0.1, -0.05) is 33.8 Å². The van der Waals surface area contributed by atoms with Crippen LogP contribution in [0.15, 0.2) is 28.1 Å². The molecule has 1 aliphatic rings. The molecule has 0 spiro atoms. The van der Waals surface area contributed by atoms with E-state index in [4.69, 9.17) is 0 Å². The van der Waals surface area contributed by atoms with Crippen LogP contribution in [0.1, 0.15) is 45.6 Å². The van der Waals surface area contributed by atoms with Gasteiger partial charge in [0.05, 0.1) is 5.69 Å². The van der Waals surface area contributed by atoms with Gasteiger partial charge in [0.2, 0.25) is 5.96 Å². The van der Waals surface area contributed by atoms with Crippen LogP contribution in [-0.4, -0.2) is 20.9 Å². The zero-order chi connectivity index (χ0) is 15.6. The number of anilines is 1. The third kappa shape index (κ3) is 3.75. The molecular formula is C15H23N3O2S. The van der Waals surface area contributed by atoms with Gasteiger partial charge >= 0.3 is 0 Å². The molecule has 1 aromatic carbocycles. The van der Waals surface area contributed by atoms with E-state index in [9.17, 15) is 8.42 Å². The summed E-state index contributed by atoms with van der Waals surface area (Å²) in [7, 11) is -3.54. The summed E-state index contributed by atoms with van der Waals surface area (Å²) < 4.78 is 27.1. The zero-order valence-electron chi connectivity index (χ0n) is 13.0. The van der Waals surface area contributed by atoms with Crippen molar-refractivity contribution in [3.63, 3.8) is 0 Å². The number of hydrogen-bond donors (Lipinski definition) is 2. The van der Waals surface area contributed by atoms with Crippen molar-refractivity contribution >= 4 is 21.7 Å². The third-order valence-electron chi connectivity index (χ3n) is 3.42. The molecule has 0 saturated heterocycles. The molecule has 0 aliphatic carbocycles. The lowest BCUT2D eigenvalue weighted by atomic mass is 10.0. The van der Waals surface area contributed by atoms with Crippen molar-refractivity contribution in [3.8, 4) is 0 Å². The highest BCUT2D eigenvalue weighted by Gasteiger charge is 2.26. The SMILES string of the molecule is CC(C)CCN=C1Nc2ccc(C(C)C)cc2S(=O)(=O)N1. The Kier molecular flexibility index (Phi) is 4.56. The first kappa shape index (κ1) is 15.8. The molecule has 1 heterocycles. The van der Waals surface area contributed by atoms with E-state index in [0.29, 0.717) is 24.1 Å². The second kappa shape index (κ2) is 6.05. The summed E-state index contributed by atoms with van der Waals surface area (Å²) in [6, 6.07) is 5.48. The number of nitrogens with one attached hydrogen (secondary N) is 2. The van der Waals surface area contributed by atoms with Crippen LogP contribution in [0.5, 0.6) is 0 Å². The van der Waals surface area contributed by atoms with E-state index in [2.05, 4.69) is 28.9 Å². The van der Waals surface area contributed by atoms with Crippen LogP contribution >= 0.6 is 0 Å². The Morgan fingerprint density at radius 1 is 1.19 bits per heavy atom. The Morgan fingerprint density at radius 3 is 2.52 bits per heavy atom. The van der Waals surface area contributed by atoms with E-state index in [-0.39, 0.29) is 10.8 Å². The topological polar surface area (TPSA) is 70.6 Å². The van der Waals surface area contributed by atoms with Crippen molar-refractivity contribution in [2.45, 2.75) is 44.9 Å². The minimum atomic E-state index is -3.54. The fourth-order valence-corrected chi connectivity index (χ4v) is 3.25. The molecule has 0 aromatic heterocycles. The Balaban J connectivity index is 2.29. The lowest BCUT2D eigenvalue weighted by Gasteiger charge is -2.22. The lowest BCUT2D eigenvalue weighted by molar-refractivity contribution is 0.589. The maximum atomic E-state index is 12.3. The van der Waals surface area contributed by atoms with E-state index >= 15 is 0 Å². The van der Waals surface area contributed by atoms with Gasteiger partial charge in [-0.3, -0.25) is 4.99 Å². The molecule has 6 heteroatoms. The fourth-order valence-electron chi connectivity index (χ4n) is 2.07. The van der Waals surface area contributed by atoms with Crippen molar-refractivity contribution in [2.24, 2.45) is 10.9 Å². The van der Waals surface area contributed by atoms with Crippen LogP contribution in [-0.2, 0) is 10.0 Å². The van der Waals surface area contributed by atoms with Crippen molar-refractivity contribution in [1.29, 1.82) is 0 Å². The second-order valence-electron chi connectivity index (χ2n) is 6.05. The first-order chi connectivity index (χ1) is 9.79. The first-order valence-electron chi connectivity index (χ1n) is 7.28. The summed E-state index contributed by atoms with van der Waals surface area (Å²) in [6.07, 6.45) is 0.923. The van der Waals surface area contributed by atoms with Gasteiger partial charge in [-0.25, -0.2) is 13.1 Å². The average molecular weight is 309 g/mol. The van der Waals surface area contributed by atoms with Crippen LogP contribution in [0, 0.1) is 5.92 Å². The molecule has 5 nitrogen and oxygen atoms in total. The highest BCUT2D eigenvalue weighted by Crippen LogP contribution is 2.28. The average Bonchev–Trinajstić information content (AvgIpc) is 2.37. The number of rotatable bonds is 4. The van der Waals surface area contributed by atoms with Crippen molar-refractivity contribution in [2.75, 3.05) is 11.9 Å². The van der Waals surface area contributed by atoms with Gasteiger partial charge in [0.25, 0.3) is 10.0 Å². The minimum Gasteiger partial charge on any atom is -0.324 e. The standard InChI is InChI=1S/C15H23N3O2S/c1-10(2)7-8-16-15-17-13-6-5-12(11(3)4)9-14(13)21(19,20)18-15/h5-6,9-11H,7-8H2,1-4H3,(H2,16,17,18). The smallest absolute Gasteiger partial charge is 0.266 e. The lowest BCUT2D eigenvalue weighted by Crippen LogP contribution is -2.41. The van der Waals surface area contributed by atoms with E-state index in [0.717, 1.165) is 12.0 Å². The third-order valence-corrected chi connectivity index (χ3v) is 4.80.